The van der Waals surface area contributed by atoms with Crippen LogP contribution >= 0.6 is 0 Å². The van der Waals surface area contributed by atoms with Gasteiger partial charge >= 0.3 is 0 Å². The van der Waals surface area contributed by atoms with Crippen molar-refractivity contribution in [1.82, 2.24) is 4.98 Å². The highest BCUT2D eigenvalue weighted by Crippen LogP contribution is 2.34. The monoisotopic (exact) mass is 257 g/mol. The molecule has 0 fully saturated rings. The van der Waals surface area contributed by atoms with Gasteiger partial charge in [-0.15, -0.1) is 0 Å². The van der Waals surface area contributed by atoms with Gasteiger partial charge < -0.3 is 5.11 Å². The van der Waals surface area contributed by atoms with Gasteiger partial charge in [0.2, 0.25) is 0 Å². The Morgan fingerprint density at radius 2 is 1.53 bits per heavy atom. The summed E-state index contributed by atoms with van der Waals surface area (Å²) < 4.78 is 0. The molecule has 19 heavy (non-hydrogen) atoms. The number of hydrogen-bond donors (Lipinski definition) is 1. The number of benzene rings is 1. The quantitative estimate of drug-likeness (QED) is 0.752. The van der Waals surface area contributed by atoms with Crippen molar-refractivity contribution in [1.29, 1.82) is 0 Å². The van der Waals surface area contributed by atoms with Gasteiger partial charge in [0.25, 0.3) is 0 Å². The topological polar surface area (TPSA) is 33.1 Å². The van der Waals surface area contributed by atoms with E-state index in [0.717, 1.165) is 16.6 Å². The van der Waals surface area contributed by atoms with E-state index in [-0.39, 0.29) is 16.6 Å². The van der Waals surface area contributed by atoms with Gasteiger partial charge in [0.05, 0.1) is 5.52 Å². The van der Waals surface area contributed by atoms with Gasteiger partial charge in [-0.25, -0.2) is 0 Å². The lowest BCUT2D eigenvalue weighted by Gasteiger charge is -2.26. The van der Waals surface area contributed by atoms with Crippen LogP contribution in [0.5, 0.6) is 5.75 Å². The first kappa shape index (κ1) is 13.9. The zero-order chi connectivity index (χ0) is 14.4. The number of nitrogens with zero attached hydrogens (tertiary/aromatic N) is 1. The molecule has 1 aromatic heterocycles. The summed E-state index contributed by atoms with van der Waals surface area (Å²) in [5.41, 5.74) is 3.27. The Labute approximate surface area is 115 Å². The fourth-order valence-corrected chi connectivity index (χ4v) is 2.22. The molecule has 0 saturated heterocycles. The summed E-state index contributed by atoms with van der Waals surface area (Å²) in [4.78, 5) is 4.72. The molecule has 0 unspecified atom stereocenters. The molecule has 1 heterocycles. The van der Waals surface area contributed by atoms with E-state index in [1.807, 2.05) is 6.07 Å². The number of fused-ring (bicyclic) bond motifs is 1. The van der Waals surface area contributed by atoms with Crippen LogP contribution in [0.25, 0.3) is 10.9 Å². The maximum atomic E-state index is 9.68. The van der Waals surface area contributed by atoms with Gasteiger partial charge in [-0.2, -0.15) is 0 Å². The molecular formula is C17H23NO. The van der Waals surface area contributed by atoms with E-state index < -0.39 is 0 Å². The first-order valence-corrected chi connectivity index (χ1v) is 6.74. The molecule has 1 N–H and O–H groups in total. The summed E-state index contributed by atoms with van der Waals surface area (Å²) in [5.74, 6) is 0.269. The minimum Gasteiger partial charge on any atom is -0.508 e. The maximum absolute atomic E-state index is 9.68. The molecule has 0 aliphatic carbocycles. The molecular weight excluding hydrogens is 234 g/mol. The zero-order valence-corrected chi connectivity index (χ0v) is 12.7. The standard InChI is InChI=1S/C17H23NO/c1-16(2,3)13-10-15(17(4,5)6)18-14-9-11(19)7-8-12(13)14/h7-10,19H,1-6H3. The third kappa shape index (κ3) is 2.73. The maximum Gasteiger partial charge on any atom is 0.117 e. The molecule has 0 aliphatic heterocycles. The van der Waals surface area contributed by atoms with Crippen LogP contribution in [-0.2, 0) is 10.8 Å². The summed E-state index contributed by atoms with van der Waals surface area (Å²) in [6.45, 7) is 13.1. The van der Waals surface area contributed by atoms with Crippen LogP contribution in [-0.4, -0.2) is 10.1 Å². The molecule has 0 atom stereocenters. The van der Waals surface area contributed by atoms with Crippen molar-refractivity contribution >= 4 is 10.9 Å². The van der Waals surface area contributed by atoms with Crippen molar-refractivity contribution in [3.8, 4) is 5.75 Å². The normalized spacial score (nSPS) is 12.9. The fourth-order valence-electron chi connectivity index (χ4n) is 2.22. The summed E-state index contributed by atoms with van der Waals surface area (Å²) in [7, 11) is 0. The van der Waals surface area contributed by atoms with Gasteiger partial charge in [0.1, 0.15) is 5.75 Å². The molecule has 2 nitrogen and oxygen atoms in total. The van der Waals surface area contributed by atoms with Gasteiger partial charge in [-0.1, -0.05) is 41.5 Å². The van der Waals surface area contributed by atoms with Crippen molar-refractivity contribution in [3.63, 3.8) is 0 Å². The Balaban J connectivity index is 2.84. The fraction of sp³-hybridized carbons (Fsp3) is 0.471. The van der Waals surface area contributed by atoms with E-state index in [1.165, 1.54) is 5.56 Å². The number of rotatable bonds is 0. The van der Waals surface area contributed by atoms with Crippen molar-refractivity contribution < 1.29 is 5.11 Å². The molecule has 0 spiro atoms. The predicted molar refractivity (Wildman–Crippen MR) is 80.8 cm³/mol. The zero-order valence-electron chi connectivity index (χ0n) is 12.7. The molecule has 2 rings (SSSR count). The highest BCUT2D eigenvalue weighted by molar-refractivity contribution is 5.84. The Hall–Kier alpha value is -1.57. The second kappa shape index (κ2) is 4.22. The number of aromatic nitrogens is 1. The SMILES string of the molecule is CC(C)(C)c1cc(C(C)(C)C)c2ccc(O)cc2n1. The summed E-state index contributed by atoms with van der Waals surface area (Å²) in [6, 6.07) is 7.65. The summed E-state index contributed by atoms with van der Waals surface area (Å²) in [5, 5.41) is 10.8. The smallest absolute Gasteiger partial charge is 0.117 e. The highest BCUT2D eigenvalue weighted by Gasteiger charge is 2.23. The number of hydrogen-bond acceptors (Lipinski definition) is 2. The molecule has 0 bridgehead atoms. The van der Waals surface area contributed by atoms with Crippen LogP contribution in [0.15, 0.2) is 24.3 Å². The van der Waals surface area contributed by atoms with Gasteiger partial charge in [0, 0.05) is 22.6 Å². The van der Waals surface area contributed by atoms with Gasteiger partial charge in [-0.05, 0) is 29.2 Å². The second-order valence-electron chi connectivity index (χ2n) is 7.26. The van der Waals surface area contributed by atoms with Crippen molar-refractivity contribution in [2.24, 2.45) is 0 Å². The van der Waals surface area contributed by atoms with Crippen molar-refractivity contribution in [2.45, 2.75) is 52.4 Å². The number of pyridine rings is 1. The predicted octanol–water partition coefficient (Wildman–Crippen LogP) is 4.54. The Bertz CT molecular complexity index is 615. The molecule has 102 valence electrons. The molecule has 2 aromatic rings. The molecule has 0 amide bonds. The van der Waals surface area contributed by atoms with Crippen LogP contribution in [0.1, 0.15) is 52.8 Å². The van der Waals surface area contributed by atoms with E-state index in [0.29, 0.717) is 0 Å². The lowest BCUT2D eigenvalue weighted by atomic mass is 9.81. The average molecular weight is 257 g/mol. The number of phenols is 1. The second-order valence-corrected chi connectivity index (χ2v) is 7.26. The Kier molecular flexibility index (Phi) is 3.08. The van der Waals surface area contributed by atoms with Crippen LogP contribution in [0.2, 0.25) is 0 Å². The van der Waals surface area contributed by atoms with E-state index in [2.05, 4.69) is 47.6 Å². The summed E-state index contributed by atoms with van der Waals surface area (Å²) in [6.07, 6.45) is 0. The first-order valence-electron chi connectivity index (χ1n) is 6.74. The van der Waals surface area contributed by atoms with Crippen molar-refractivity contribution in [2.75, 3.05) is 0 Å². The molecule has 0 saturated carbocycles. The molecule has 1 aromatic carbocycles. The molecule has 2 heteroatoms. The number of phenolic OH excluding ortho intramolecular Hbond substituents is 1. The molecule has 0 aliphatic rings. The van der Waals surface area contributed by atoms with Crippen LogP contribution < -0.4 is 0 Å². The lowest BCUT2D eigenvalue weighted by Crippen LogP contribution is -2.18. The van der Waals surface area contributed by atoms with Gasteiger partial charge in [0.15, 0.2) is 0 Å². The van der Waals surface area contributed by atoms with Crippen LogP contribution in [0.3, 0.4) is 0 Å². The van der Waals surface area contributed by atoms with Crippen molar-refractivity contribution in [3.05, 3.63) is 35.5 Å². The minimum absolute atomic E-state index is 0.000347. The Morgan fingerprint density at radius 1 is 0.895 bits per heavy atom. The van der Waals surface area contributed by atoms with E-state index in [9.17, 15) is 5.11 Å². The first-order chi connectivity index (χ1) is 8.59. The van der Waals surface area contributed by atoms with E-state index >= 15 is 0 Å². The van der Waals surface area contributed by atoms with E-state index in [1.54, 1.807) is 12.1 Å². The Morgan fingerprint density at radius 3 is 2.05 bits per heavy atom. The van der Waals surface area contributed by atoms with Gasteiger partial charge in [-0.3, -0.25) is 4.98 Å². The minimum atomic E-state index is -0.000347. The van der Waals surface area contributed by atoms with E-state index in [4.69, 9.17) is 4.98 Å². The lowest BCUT2D eigenvalue weighted by molar-refractivity contribution is 0.476. The number of aromatic hydroxyl groups is 1. The third-order valence-corrected chi connectivity index (χ3v) is 3.37. The van der Waals surface area contributed by atoms with Crippen LogP contribution in [0.4, 0.5) is 0 Å². The third-order valence-electron chi connectivity index (χ3n) is 3.37. The molecule has 0 radical (unpaired) electrons. The highest BCUT2D eigenvalue weighted by atomic mass is 16.3. The average Bonchev–Trinajstić information content (AvgIpc) is 2.24. The summed E-state index contributed by atoms with van der Waals surface area (Å²) >= 11 is 0. The van der Waals surface area contributed by atoms with Crippen LogP contribution in [0, 0.1) is 0 Å². The largest absolute Gasteiger partial charge is 0.508 e.